The van der Waals surface area contributed by atoms with Crippen LogP contribution in [0.2, 0.25) is 0 Å². The van der Waals surface area contributed by atoms with Crippen molar-refractivity contribution < 1.29 is 37.7 Å². The van der Waals surface area contributed by atoms with Crippen LogP contribution in [0.15, 0.2) is 0 Å². The molecule has 1 heterocycles. The molecule has 0 aliphatic carbocycles. The molecule has 9 heteroatoms. The highest BCUT2D eigenvalue weighted by Crippen LogP contribution is 2.39. The Hall–Kier alpha value is -1.09. The summed E-state index contributed by atoms with van der Waals surface area (Å²) in [5, 5.41) is -1.01. The number of rotatable bonds is 3. The molecule has 1 fully saturated rings. The molecule has 0 amide bonds. The van der Waals surface area contributed by atoms with Gasteiger partial charge in [-0.05, 0) is 6.92 Å². The second-order valence-corrected chi connectivity index (χ2v) is 4.73. The van der Waals surface area contributed by atoms with Gasteiger partial charge in [0.05, 0.1) is 14.2 Å². The summed E-state index contributed by atoms with van der Waals surface area (Å²) < 4.78 is 37.6. The maximum Gasteiger partial charge on any atom is 0.508 e. The SMILES string of the molecule is COC(=O)OC[C@H]1O[C@H](Br)[C@](C)(F)[C@@H]1OC(=O)OC. The molecule has 0 saturated carbocycles. The Labute approximate surface area is 117 Å². The van der Waals surface area contributed by atoms with Crippen LogP contribution < -0.4 is 0 Å². The third kappa shape index (κ3) is 3.69. The molecule has 110 valence electrons. The van der Waals surface area contributed by atoms with Gasteiger partial charge in [0, 0.05) is 0 Å². The molecule has 0 aromatic carbocycles. The van der Waals surface area contributed by atoms with Crippen molar-refractivity contribution in [2.45, 2.75) is 29.8 Å². The van der Waals surface area contributed by atoms with E-state index in [9.17, 15) is 14.0 Å². The van der Waals surface area contributed by atoms with Gasteiger partial charge in [-0.1, -0.05) is 15.9 Å². The lowest BCUT2D eigenvalue weighted by Crippen LogP contribution is -2.44. The molecule has 0 spiro atoms. The molecule has 0 aromatic rings. The first-order valence-corrected chi connectivity index (χ1v) is 6.18. The Morgan fingerprint density at radius 2 is 1.89 bits per heavy atom. The smallest absolute Gasteiger partial charge is 0.438 e. The van der Waals surface area contributed by atoms with Crippen molar-refractivity contribution in [2.75, 3.05) is 20.8 Å². The number of halogens is 2. The van der Waals surface area contributed by atoms with Crippen molar-refractivity contribution >= 4 is 28.2 Å². The zero-order valence-corrected chi connectivity index (χ0v) is 12.1. The Morgan fingerprint density at radius 3 is 2.42 bits per heavy atom. The molecule has 0 radical (unpaired) electrons. The van der Waals surface area contributed by atoms with E-state index in [-0.39, 0.29) is 6.61 Å². The molecular weight excluding hydrogens is 331 g/mol. The van der Waals surface area contributed by atoms with Crippen LogP contribution in [0, 0.1) is 0 Å². The molecule has 1 aliphatic rings. The van der Waals surface area contributed by atoms with Crippen molar-refractivity contribution in [3.8, 4) is 0 Å². The predicted octanol–water partition coefficient (Wildman–Crippen LogP) is 1.77. The van der Waals surface area contributed by atoms with Crippen LogP contribution in [0.25, 0.3) is 0 Å². The first-order valence-electron chi connectivity index (χ1n) is 5.26. The van der Waals surface area contributed by atoms with Gasteiger partial charge in [-0.15, -0.1) is 0 Å². The van der Waals surface area contributed by atoms with Crippen molar-refractivity contribution in [3.05, 3.63) is 0 Å². The normalized spacial score (nSPS) is 33.6. The summed E-state index contributed by atoms with van der Waals surface area (Å²) in [4.78, 5) is 21.9. The van der Waals surface area contributed by atoms with Crippen LogP contribution in [-0.2, 0) is 23.7 Å². The average Bonchev–Trinajstić information content (AvgIpc) is 2.59. The highest BCUT2D eigenvalue weighted by atomic mass is 79.9. The highest BCUT2D eigenvalue weighted by molar-refractivity contribution is 9.09. The average molecular weight is 345 g/mol. The fourth-order valence-electron chi connectivity index (χ4n) is 1.53. The molecule has 1 saturated heterocycles. The van der Waals surface area contributed by atoms with Gasteiger partial charge < -0.3 is 23.7 Å². The number of carbonyl (C=O) groups is 2. The lowest BCUT2D eigenvalue weighted by atomic mass is 10.0. The van der Waals surface area contributed by atoms with Crippen molar-refractivity contribution in [1.82, 2.24) is 0 Å². The summed E-state index contributed by atoms with van der Waals surface area (Å²) in [6, 6.07) is 0. The van der Waals surface area contributed by atoms with Gasteiger partial charge in [-0.2, -0.15) is 0 Å². The summed E-state index contributed by atoms with van der Waals surface area (Å²) >= 11 is 2.98. The number of carbonyl (C=O) groups excluding carboxylic acids is 2. The summed E-state index contributed by atoms with van der Waals surface area (Å²) in [6.45, 7) is 0.869. The topological polar surface area (TPSA) is 80.3 Å². The molecule has 0 bridgehead atoms. The van der Waals surface area contributed by atoms with E-state index >= 15 is 0 Å². The van der Waals surface area contributed by atoms with E-state index < -0.39 is 35.2 Å². The Kier molecular flexibility index (Phi) is 5.36. The zero-order valence-electron chi connectivity index (χ0n) is 10.6. The molecule has 7 nitrogen and oxygen atoms in total. The molecule has 0 unspecified atom stereocenters. The van der Waals surface area contributed by atoms with E-state index in [4.69, 9.17) is 9.47 Å². The lowest BCUT2D eigenvalue weighted by Gasteiger charge is -2.24. The van der Waals surface area contributed by atoms with E-state index in [1.165, 1.54) is 6.92 Å². The van der Waals surface area contributed by atoms with Gasteiger partial charge in [0.2, 0.25) is 0 Å². The first-order chi connectivity index (χ1) is 8.82. The maximum atomic E-state index is 14.3. The van der Waals surface area contributed by atoms with Crippen molar-refractivity contribution in [3.63, 3.8) is 0 Å². The quantitative estimate of drug-likeness (QED) is 0.570. The van der Waals surface area contributed by atoms with Crippen LogP contribution in [0.3, 0.4) is 0 Å². The number of hydrogen-bond donors (Lipinski definition) is 0. The van der Waals surface area contributed by atoms with E-state index in [1.807, 2.05) is 0 Å². The standard InChI is InChI=1S/C10H14BrFO7/c1-10(12)6(19-9(14)16-3)5(18-7(10)11)4-17-8(13)15-2/h5-7H,4H2,1-3H3/t5-,6-,7+,10-/m1/s1. The van der Waals surface area contributed by atoms with Crippen molar-refractivity contribution in [1.29, 1.82) is 0 Å². The van der Waals surface area contributed by atoms with Gasteiger partial charge in [0.25, 0.3) is 0 Å². The fraction of sp³-hybridized carbons (Fsp3) is 0.800. The number of methoxy groups -OCH3 is 2. The van der Waals surface area contributed by atoms with E-state index in [2.05, 4.69) is 30.1 Å². The molecule has 19 heavy (non-hydrogen) atoms. The minimum atomic E-state index is -2.00. The van der Waals surface area contributed by atoms with Crippen LogP contribution in [0.1, 0.15) is 6.92 Å². The fourth-order valence-corrected chi connectivity index (χ4v) is 2.07. The predicted molar refractivity (Wildman–Crippen MR) is 62.7 cm³/mol. The number of hydrogen-bond acceptors (Lipinski definition) is 7. The molecule has 0 aromatic heterocycles. The lowest BCUT2D eigenvalue weighted by molar-refractivity contribution is -0.0519. The summed E-state index contributed by atoms with van der Waals surface area (Å²) in [6.07, 6.45) is -4.26. The van der Waals surface area contributed by atoms with Crippen LogP contribution in [0.4, 0.5) is 14.0 Å². The first kappa shape index (κ1) is 16.0. The second kappa shape index (κ2) is 6.38. The van der Waals surface area contributed by atoms with E-state index in [0.29, 0.717) is 0 Å². The molecule has 1 rings (SSSR count). The third-order valence-corrected chi connectivity index (χ3v) is 3.67. The van der Waals surface area contributed by atoms with Gasteiger partial charge in [-0.25, -0.2) is 14.0 Å². The Balaban J connectivity index is 2.72. The second-order valence-electron chi connectivity index (χ2n) is 3.90. The summed E-state index contributed by atoms with van der Waals surface area (Å²) in [5.41, 5.74) is -2.00. The number of ether oxygens (including phenoxy) is 5. The van der Waals surface area contributed by atoms with Gasteiger partial charge in [0.15, 0.2) is 16.8 Å². The van der Waals surface area contributed by atoms with E-state index in [1.54, 1.807) is 0 Å². The van der Waals surface area contributed by atoms with Crippen LogP contribution in [-0.4, -0.2) is 56.0 Å². The summed E-state index contributed by atoms with van der Waals surface area (Å²) in [5.74, 6) is 0. The minimum Gasteiger partial charge on any atom is -0.438 e. The van der Waals surface area contributed by atoms with E-state index in [0.717, 1.165) is 14.2 Å². The van der Waals surface area contributed by atoms with Crippen LogP contribution >= 0.6 is 15.9 Å². The third-order valence-electron chi connectivity index (χ3n) is 2.55. The largest absolute Gasteiger partial charge is 0.508 e. The van der Waals surface area contributed by atoms with Crippen LogP contribution in [0.5, 0.6) is 0 Å². The van der Waals surface area contributed by atoms with Crippen molar-refractivity contribution in [2.24, 2.45) is 0 Å². The Morgan fingerprint density at radius 1 is 1.32 bits per heavy atom. The minimum absolute atomic E-state index is 0.323. The highest BCUT2D eigenvalue weighted by Gasteiger charge is 2.56. The molecule has 1 aliphatic heterocycles. The Bertz CT molecular complexity index is 349. The van der Waals surface area contributed by atoms with Gasteiger partial charge >= 0.3 is 12.3 Å². The summed E-state index contributed by atoms with van der Waals surface area (Å²) in [7, 11) is 2.23. The van der Waals surface area contributed by atoms with Gasteiger partial charge in [-0.3, -0.25) is 0 Å². The van der Waals surface area contributed by atoms with Gasteiger partial charge in [0.1, 0.15) is 12.7 Å². The molecule has 0 N–H and O–H groups in total. The zero-order chi connectivity index (χ0) is 14.6. The monoisotopic (exact) mass is 344 g/mol. The molecular formula is C10H14BrFO7. The number of alkyl halides is 2. The maximum absolute atomic E-state index is 14.3. The molecule has 4 atom stereocenters.